The zero-order valence-electron chi connectivity index (χ0n) is 10.3. The van der Waals surface area contributed by atoms with Crippen molar-refractivity contribution in [2.75, 3.05) is 25.6 Å². The zero-order chi connectivity index (χ0) is 13.0. The van der Waals surface area contributed by atoms with Crippen LogP contribution in [-0.4, -0.2) is 30.2 Å². The van der Waals surface area contributed by atoms with E-state index < -0.39 is 0 Å². The topological polar surface area (TPSA) is 67.0 Å². The summed E-state index contributed by atoms with van der Waals surface area (Å²) < 4.78 is 4.95. The van der Waals surface area contributed by atoms with E-state index in [1.807, 2.05) is 18.4 Å². The molecule has 0 aliphatic rings. The molecule has 96 valence electrons. The number of aryl methyl sites for hydroxylation is 1. The number of H-pyrrole nitrogens is 1. The van der Waals surface area contributed by atoms with Gasteiger partial charge in [-0.1, -0.05) is 0 Å². The van der Waals surface area contributed by atoms with E-state index in [-0.39, 0.29) is 5.56 Å². The first-order valence-corrected chi connectivity index (χ1v) is 6.47. The van der Waals surface area contributed by atoms with E-state index >= 15 is 0 Å². The van der Waals surface area contributed by atoms with E-state index in [1.54, 1.807) is 13.2 Å². The Morgan fingerprint density at radius 2 is 2.33 bits per heavy atom. The summed E-state index contributed by atoms with van der Waals surface area (Å²) >= 11 is 1.48. The molecule has 0 unspecified atom stereocenters. The lowest BCUT2D eigenvalue weighted by Gasteiger charge is -2.00. The number of nitrogens with one attached hydrogen (secondary N) is 2. The number of aromatic amines is 1. The Labute approximate surface area is 109 Å². The number of ether oxygens (including phenoxy) is 1. The van der Waals surface area contributed by atoms with Crippen LogP contribution >= 0.6 is 11.3 Å². The molecule has 5 nitrogen and oxygen atoms in total. The molecule has 0 aromatic carbocycles. The molecule has 0 atom stereocenters. The van der Waals surface area contributed by atoms with E-state index in [4.69, 9.17) is 4.74 Å². The van der Waals surface area contributed by atoms with Crippen molar-refractivity contribution in [2.45, 2.75) is 6.92 Å². The molecule has 0 saturated carbocycles. The van der Waals surface area contributed by atoms with Gasteiger partial charge in [-0.15, -0.1) is 11.3 Å². The fourth-order valence-corrected chi connectivity index (χ4v) is 2.25. The number of rotatable bonds is 5. The lowest BCUT2D eigenvalue weighted by atomic mass is 10.2. The van der Waals surface area contributed by atoms with Crippen LogP contribution in [0.3, 0.4) is 0 Å². The number of hydrogen-bond donors (Lipinski definition) is 2. The lowest BCUT2D eigenvalue weighted by molar-refractivity contribution is 0.211. The van der Waals surface area contributed by atoms with E-state index in [0.29, 0.717) is 24.4 Å². The molecule has 6 heteroatoms. The van der Waals surface area contributed by atoms with Gasteiger partial charge in [0.15, 0.2) is 5.13 Å². The molecule has 0 aliphatic heterocycles. The SMILES string of the molecule is COCCNc1nc(-c2ccc(C)[nH]c2=O)cs1. The van der Waals surface area contributed by atoms with Gasteiger partial charge >= 0.3 is 0 Å². The molecule has 0 aliphatic carbocycles. The fraction of sp³-hybridized carbons (Fsp3) is 0.333. The van der Waals surface area contributed by atoms with Crippen LogP contribution in [0, 0.1) is 6.92 Å². The largest absolute Gasteiger partial charge is 0.383 e. The third-order valence-corrected chi connectivity index (χ3v) is 3.22. The monoisotopic (exact) mass is 265 g/mol. The van der Waals surface area contributed by atoms with Crippen molar-refractivity contribution in [1.82, 2.24) is 9.97 Å². The zero-order valence-corrected chi connectivity index (χ0v) is 11.1. The van der Waals surface area contributed by atoms with Crippen molar-refractivity contribution in [3.63, 3.8) is 0 Å². The summed E-state index contributed by atoms with van der Waals surface area (Å²) in [7, 11) is 1.65. The maximum Gasteiger partial charge on any atom is 0.257 e. The number of thiazole rings is 1. The number of nitrogens with zero attached hydrogens (tertiary/aromatic N) is 1. The molecular formula is C12H15N3O2S. The van der Waals surface area contributed by atoms with Crippen LogP contribution in [0.25, 0.3) is 11.3 Å². The quantitative estimate of drug-likeness (QED) is 0.810. The molecule has 0 bridgehead atoms. The average molecular weight is 265 g/mol. The summed E-state index contributed by atoms with van der Waals surface area (Å²) in [6.45, 7) is 3.18. The first kappa shape index (κ1) is 12.8. The van der Waals surface area contributed by atoms with E-state index in [9.17, 15) is 4.79 Å². The second-order valence-corrected chi connectivity index (χ2v) is 4.70. The molecule has 0 spiro atoms. The molecule has 0 saturated heterocycles. The van der Waals surface area contributed by atoms with Crippen LogP contribution < -0.4 is 10.9 Å². The standard InChI is InChI=1S/C12H15N3O2S/c1-8-3-4-9(11(16)14-8)10-7-18-12(15-10)13-5-6-17-2/h3-4,7H,5-6H2,1-2H3,(H,13,15)(H,14,16). The summed E-state index contributed by atoms with van der Waals surface area (Å²) in [6, 6.07) is 3.66. The van der Waals surface area contributed by atoms with Crippen molar-refractivity contribution < 1.29 is 4.74 Å². The predicted octanol–water partition coefficient (Wildman–Crippen LogP) is 1.87. The van der Waals surface area contributed by atoms with E-state index in [0.717, 1.165) is 10.8 Å². The van der Waals surface area contributed by atoms with Gasteiger partial charge in [-0.3, -0.25) is 4.79 Å². The van der Waals surface area contributed by atoms with Gasteiger partial charge in [0, 0.05) is 24.7 Å². The van der Waals surface area contributed by atoms with Crippen LogP contribution in [-0.2, 0) is 4.74 Å². The third kappa shape index (κ3) is 2.96. The molecule has 0 fully saturated rings. The van der Waals surface area contributed by atoms with Gasteiger partial charge < -0.3 is 15.0 Å². The minimum Gasteiger partial charge on any atom is -0.383 e. The molecule has 2 rings (SSSR count). The van der Waals surface area contributed by atoms with Crippen molar-refractivity contribution in [1.29, 1.82) is 0 Å². The first-order chi connectivity index (χ1) is 8.70. The number of methoxy groups -OCH3 is 1. The number of pyridine rings is 1. The first-order valence-electron chi connectivity index (χ1n) is 5.59. The second kappa shape index (κ2) is 5.79. The normalized spacial score (nSPS) is 10.6. The fourth-order valence-electron chi connectivity index (χ4n) is 1.51. The maximum atomic E-state index is 11.8. The number of aromatic nitrogens is 2. The Morgan fingerprint density at radius 3 is 3.06 bits per heavy atom. The maximum absolute atomic E-state index is 11.8. The molecule has 18 heavy (non-hydrogen) atoms. The van der Waals surface area contributed by atoms with Crippen LogP contribution in [0.5, 0.6) is 0 Å². The van der Waals surface area contributed by atoms with Crippen molar-refractivity contribution >= 4 is 16.5 Å². The van der Waals surface area contributed by atoms with Gasteiger partial charge in [-0.2, -0.15) is 0 Å². The Morgan fingerprint density at radius 1 is 1.50 bits per heavy atom. The van der Waals surface area contributed by atoms with Crippen molar-refractivity contribution in [3.05, 3.63) is 33.6 Å². The van der Waals surface area contributed by atoms with Crippen LogP contribution in [0.2, 0.25) is 0 Å². The van der Waals surface area contributed by atoms with E-state index in [2.05, 4.69) is 15.3 Å². The predicted molar refractivity (Wildman–Crippen MR) is 73.3 cm³/mol. The lowest BCUT2D eigenvalue weighted by Crippen LogP contribution is -2.10. The van der Waals surface area contributed by atoms with Crippen molar-refractivity contribution in [2.24, 2.45) is 0 Å². The second-order valence-electron chi connectivity index (χ2n) is 3.84. The summed E-state index contributed by atoms with van der Waals surface area (Å²) in [4.78, 5) is 18.9. The smallest absolute Gasteiger partial charge is 0.257 e. The Hall–Kier alpha value is -1.66. The van der Waals surface area contributed by atoms with Crippen LogP contribution in [0.1, 0.15) is 5.69 Å². The minimum atomic E-state index is -0.108. The average Bonchev–Trinajstić information content (AvgIpc) is 2.78. The molecular weight excluding hydrogens is 250 g/mol. The number of anilines is 1. The Balaban J connectivity index is 2.16. The molecule has 2 heterocycles. The third-order valence-electron chi connectivity index (χ3n) is 2.42. The van der Waals surface area contributed by atoms with Gasteiger partial charge in [0.1, 0.15) is 0 Å². The highest BCUT2D eigenvalue weighted by Gasteiger charge is 2.07. The van der Waals surface area contributed by atoms with Gasteiger partial charge in [0.05, 0.1) is 17.9 Å². The Bertz CT molecular complexity index is 577. The van der Waals surface area contributed by atoms with Gasteiger partial charge in [-0.05, 0) is 19.1 Å². The van der Waals surface area contributed by atoms with E-state index in [1.165, 1.54) is 11.3 Å². The highest BCUT2D eigenvalue weighted by atomic mass is 32.1. The van der Waals surface area contributed by atoms with Crippen LogP contribution in [0.4, 0.5) is 5.13 Å². The molecule has 2 aromatic rings. The summed E-state index contributed by atoms with van der Waals surface area (Å²) in [5, 5.41) is 5.80. The van der Waals surface area contributed by atoms with Gasteiger partial charge in [0.2, 0.25) is 0 Å². The Kier molecular flexibility index (Phi) is 4.11. The molecule has 2 N–H and O–H groups in total. The van der Waals surface area contributed by atoms with Gasteiger partial charge in [-0.25, -0.2) is 4.98 Å². The molecule has 2 aromatic heterocycles. The molecule has 0 amide bonds. The highest BCUT2D eigenvalue weighted by Crippen LogP contribution is 2.22. The summed E-state index contributed by atoms with van der Waals surface area (Å²) in [5.74, 6) is 0. The minimum absolute atomic E-state index is 0.108. The molecule has 0 radical (unpaired) electrons. The highest BCUT2D eigenvalue weighted by molar-refractivity contribution is 7.14. The summed E-state index contributed by atoms with van der Waals surface area (Å²) in [6.07, 6.45) is 0. The van der Waals surface area contributed by atoms with Crippen LogP contribution in [0.15, 0.2) is 22.3 Å². The summed E-state index contributed by atoms with van der Waals surface area (Å²) in [5.41, 5.74) is 2.03. The number of hydrogen-bond acceptors (Lipinski definition) is 5. The van der Waals surface area contributed by atoms with Gasteiger partial charge in [0.25, 0.3) is 5.56 Å². The van der Waals surface area contributed by atoms with Crippen molar-refractivity contribution in [3.8, 4) is 11.3 Å².